The first-order chi connectivity index (χ1) is 6.37. The minimum atomic E-state index is -2.90. The van der Waals surface area contributed by atoms with Crippen molar-refractivity contribution < 1.29 is 17.4 Å². The average Bonchev–Trinajstić information content (AvgIpc) is 1.99. The number of hydrogen-bond acceptors (Lipinski definition) is 4. The molecule has 0 aliphatic carbocycles. The van der Waals surface area contributed by atoms with E-state index in [1.165, 1.54) is 6.08 Å². The van der Waals surface area contributed by atoms with Gasteiger partial charge in [0.1, 0.15) is 0 Å². The summed E-state index contributed by atoms with van der Waals surface area (Å²) in [7, 11) is -2.90. The van der Waals surface area contributed by atoms with Crippen LogP contribution in [0.5, 0.6) is 0 Å². The Hall–Kier alpha value is -0.880. The van der Waals surface area contributed by atoms with Gasteiger partial charge in [0, 0.05) is 6.54 Å². The van der Waals surface area contributed by atoms with Crippen molar-refractivity contribution in [2.45, 2.75) is 26.4 Å². The predicted octanol–water partition coefficient (Wildman–Crippen LogP) is 0.000300. The summed E-state index contributed by atoms with van der Waals surface area (Å²) in [4.78, 5) is 11.0. The molecule has 1 amide bonds. The predicted molar refractivity (Wildman–Crippen MR) is 53.3 cm³/mol. The number of nitrogens with one attached hydrogen (secondary N) is 1. The van der Waals surface area contributed by atoms with Gasteiger partial charge in [-0.25, -0.2) is 8.42 Å². The molecular formula is C8H15NO4S. The molecule has 0 heterocycles. The number of carbonyl (C=O) groups is 1. The van der Waals surface area contributed by atoms with Crippen LogP contribution in [0.25, 0.3) is 0 Å². The number of allylic oxidation sites excluding steroid dienone is 1. The van der Waals surface area contributed by atoms with Crippen LogP contribution in [0.2, 0.25) is 0 Å². The Kier molecular flexibility index (Phi) is 5.40. The maximum absolute atomic E-state index is 11.0. The highest BCUT2D eigenvalue weighted by Crippen LogP contribution is 2.06. The summed E-state index contributed by atoms with van der Waals surface area (Å²) in [6.45, 7) is 5.01. The Morgan fingerprint density at radius 1 is 1.50 bits per heavy atom. The first kappa shape index (κ1) is 13.1. The summed E-state index contributed by atoms with van der Waals surface area (Å²) in [5.74, 6) is -0.273. The molecule has 0 spiro atoms. The Labute approximate surface area is 85.3 Å². The van der Waals surface area contributed by atoms with Crippen LogP contribution in [0.4, 0.5) is 0 Å². The van der Waals surface area contributed by atoms with Gasteiger partial charge in [0.25, 0.3) is 11.0 Å². The normalized spacial score (nSPS) is 12.3. The van der Waals surface area contributed by atoms with E-state index in [-0.39, 0.29) is 12.5 Å². The molecule has 0 aliphatic rings. The third kappa shape index (κ3) is 6.62. The monoisotopic (exact) mass is 221 g/mol. The fourth-order valence-electron chi connectivity index (χ4n) is 0.744. The minimum absolute atomic E-state index is 0.138. The Balaban J connectivity index is 4.04. The van der Waals surface area contributed by atoms with Gasteiger partial charge < -0.3 is 5.32 Å². The molecule has 0 bridgehead atoms. The summed E-state index contributed by atoms with van der Waals surface area (Å²) in [5, 5.41) is 2.51. The number of carbonyl (C=O) groups excluding carboxylic acids is 1. The quantitative estimate of drug-likeness (QED) is 0.506. The smallest absolute Gasteiger partial charge is 0.257 e. The molecule has 0 aromatic rings. The summed E-state index contributed by atoms with van der Waals surface area (Å²) in [6.07, 6.45) is 2.95. The van der Waals surface area contributed by atoms with E-state index in [4.69, 9.17) is 0 Å². The Bertz CT molecular complexity index is 286. The standard InChI is InChI=1S/C8H15NO4S/c1-4-5-7(10)9-6-8(2,3)13-14(11)12/h4-5,14H,6H2,1-3H3,(H,9,10). The fourth-order valence-corrected chi connectivity index (χ4v) is 1.21. The fraction of sp³-hybridized carbons (Fsp3) is 0.625. The molecular weight excluding hydrogens is 206 g/mol. The highest BCUT2D eigenvalue weighted by Gasteiger charge is 2.20. The van der Waals surface area contributed by atoms with Crippen LogP contribution in [-0.4, -0.2) is 26.5 Å². The van der Waals surface area contributed by atoms with Crippen molar-refractivity contribution in [2.75, 3.05) is 6.54 Å². The van der Waals surface area contributed by atoms with E-state index < -0.39 is 16.6 Å². The van der Waals surface area contributed by atoms with Crippen molar-refractivity contribution >= 4 is 16.9 Å². The van der Waals surface area contributed by atoms with Crippen molar-refractivity contribution in [1.82, 2.24) is 5.32 Å². The van der Waals surface area contributed by atoms with Crippen LogP contribution >= 0.6 is 0 Å². The van der Waals surface area contributed by atoms with E-state index in [1.54, 1.807) is 26.8 Å². The Morgan fingerprint density at radius 3 is 2.50 bits per heavy atom. The molecule has 0 saturated carbocycles. The molecule has 0 aromatic carbocycles. The molecule has 1 N–H and O–H groups in total. The lowest BCUT2D eigenvalue weighted by Gasteiger charge is -2.20. The van der Waals surface area contributed by atoms with Gasteiger partial charge >= 0.3 is 0 Å². The highest BCUT2D eigenvalue weighted by molar-refractivity contribution is 7.67. The second kappa shape index (κ2) is 5.77. The first-order valence-corrected chi connectivity index (χ1v) is 5.21. The molecule has 5 nitrogen and oxygen atoms in total. The number of hydrogen-bond donors (Lipinski definition) is 2. The van der Waals surface area contributed by atoms with Gasteiger partial charge in [0.05, 0.1) is 5.60 Å². The van der Waals surface area contributed by atoms with E-state index in [9.17, 15) is 13.2 Å². The zero-order valence-electron chi connectivity index (χ0n) is 8.44. The van der Waals surface area contributed by atoms with Gasteiger partial charge in [-0.1, -0.05) is 6.08 Å². The SMILES string of the molecule is CC=CC(=O)NCC(C)(C)O[SH](=O)=O. The van der Waals surface area contributed by atoms with Crippen molar-refractivity contribution in [3.63, 3.8) is 0 Å². The van der Waals surface area contributed by atoms with Gasteiger partial charge in [-0.05, 0) is 26.8 Å². The number of rotatable bonds is 5. The van der Waals surface area contributed by atoms with E-state index in [0.717, 1.165) is 0 Å². The molecule has 0 unspecified atom stereocenters. The zero-order chi connectivity index (χ0) is 11.2. The average molecular weight is 221 g/mol. The molecule has 0 fully saturated rings. The van der Waals surface area contributed by atoms with Crippen LogP contribution in [0.15, 0.2) is 12.2 Å². The molecule has 0 aliphatic heterocycles. The van der Waals surface area contributed by atoms with E-state index in [0.29, 0.717) is 0 Å². The maximum Gasteiger partial charge on any atom is 0.257 e. The molecule has 0 atom stereocenters. The summed E-state index contributed by atoms with van der Waals surface area (Å²) in [6, 6.07) is 0. The van der Waals surface area contributed by atoms with Gasteiger partial charge in [-0.3, -0.25) is 8.98 Å². The number of amides is 1. The van der Waals surface area contributed by atoms with Crippen LogP contribution in [-0.2, 0) is 20.0 Å². The number of thiol groups is 1. The second-order valence-corrected chi connectivity index (χ2v) is 3.92. The maximum atomic E-state index is 11.0. The molecule has 0 aromatic heterocycles. The molecule has 0 radical (unpaired) electrons. The van der Waals surface area contributed by atoms with Gasteiger partial charge in [-0.15, -0.1) is 0 Å². The topological polar surface area (TPSA) is 72.5 Å². The largest absolute Gasteiger partial charge is 0.350 e. The van der Waals surface area contributed by atoms with Gasteiger partial charge in [0.15, 0.2) is 0 Å². The van der Waals surface area contributed by atoms with Crippen molar-refractivity contribution in [2.24, 2.45) is 0 Å². The molecule has 6 heteroatoms. The molecule has 0 saturated heterocycles. The lowest BCUT2D eigenvalue weighted by Crippen LogP contribution is -2.39. The molecule has 14 heavy (non-hydrogen) atoms. The highest BCUT2D eigenvalue weighted by atomic mass is 32.2. The van der Waals surface area contributed by atoms with E-state index in [2.05, 4.69) is 9.50 Å². The van der Waals surface area contributed by atoms with Crippen LogP contribution in [0.1, 0.15) is 20.8 Å². The summed E-state index contributed by atoms with van der Waals surface area (Å²) in [5.41, 5.74) is -0.910. The van der Waals surface area contributed by atoms with Crippen LogP contribution < -0.4 is 5.32 Å². The van der Waals surface area contributed by atoms with E-state index in [1.807, 2.05) is 0 Å². The van der Waals surface area contributed by atoms with E-state index >= 15 is 0 Å². The van der Waals surface area contributed by atoms with Gasteiger partial charge in [-0.2, -0.15) is 0 Å². The molecule has 82 valence electrons. The lowest BCUT2D eigenvalue weighted by atomic mass is 10.1. The van der Waals surface area contributed by atoms with Crippen molar-refractivity contribution in [3.8, 4) is 0 Å². The van der Waals surface area contributed by atoms with Crippen molar-refractivity contribution in [3.05, 3.63) is 12.2 Å². The van der Waals surface area contributed by atoms with Crippen molar-refractivity contribution in [1.29, 1.82) is 0 Å². The third-order valence-electron chi connectivity index (χ3n) is 1.33. The second-order valence-electron chi connectivity index (χ2n) is 3.29. The minimum Gasteiger partial charge on any atom is -0.350 e. The zero-order valence-corrected chi connectivity index (χ0v) is 9.34. The van der Waals surface area contributed by atoms with Gasteiger partial charge in [0.2, 0.25) is 5.91 Å². The Morgan fingerprint density at radius 2 is 2.07 bits per heavy atom. The summed E-state index contributed by atoms with van der Waals surface area (Å²) >= 11 is 0. The van der Waals surface area contributed by atoms with Crippen LogP contribution in [0, 0.1) is 0 Å². The molecule has 0 rings (SSSR count). The first-order valence-electron chi connectivity index (χ1n) is 4.11. The van der Waals surface area contributed by atoms with Crippen LogP contribution in [0.3, 0.4) is 0 Å². The third-order valence-corrected chi connectivity index (χ3v) is 1.97. The lowest BCUT2D eigenvalue weighted by molar-refractivity contribution is -0.117. The summed E-state index contributed by atoms with van der Waals surface area (Å²) < 4.78 is 25.1.